The highest BCUT2D eigenvalue weighted by Gasteiger charge is 2.17. The van der Waals surface area contributed by atoms with Crippen molar-refractivity contribution in [1.82, 2.24) is 9.38 Å². The standard InChI is InChI=1S/C20H15ClN4O3/c1-11-4-3-7-25-18(11)24-19(28-14-5-6-16(21)12(2)8-14)15(20(25)27)9-13(10-22)17(23)26/h3-9H,1-2H3,(H2,23,26)/b13-9+. The lowest BCUT2D eigenvalue weighted by Crippen LogP contribution is -2.20. The van der Waals surface area contributed by atoms with Crippen LogP contribution in [0, 0.1) is 25.2 Å². The number of hydrogen-bond donors (Lipinski definition) is 1. The summed E-state index contributed by atoms with van der Waals surface area (Å²) in [7, 11) is 0. The van der Waals surface area contributed by atoms with Gasteiger partial charge in [-0.05, 0) is 55.3 Å². The van der Waals surface area contributed by atoms with Gasteiger partial charge in [0.05, 0.1) is 0 Å². The topological polar surface area (TPSA) is 110 Å². The van der Waals surface area contributed by atoms with Gasteiger partial charge >= 0.3 is 0 Å². The van der Waals surface area contributed by atoms with Crippen LogP contribution < -0.4 is 16.0 Å². The van der Waals surface area contributed by atoms with Crippen LogP contribution in [-0.2, 0) is 4.79 Å². The number of pyridine rings is 1. The van der Waals surface area contributed by atoms with Gasteiger partial charge < -0.3 is 10.5 Å². The number of aryl methyl sites for hydroxylation is 2. The predicted octanol–water partition coefficient (Wildman–Crippen LogP) is 3.15. The Balaban J connectivity index is 2.29. The molecule has 3 aromatic rings. The van der Waals surface area contributed by atoms with Crippen LogP contribution in [0.25, 0.3) is 11.7 Å². The summed E-state index contributed by atoms with van der Waals surface area (Å²) >= 11 is 6.04. The molecule has 7 nitrogen and oxygen atoms in total. The fourth-order valence-electron chi connectivity index (χ4n) is 2.59. The molecular formula is C20H15ClN4O3. The number of ether oxygens (including phenoxy) is 1. The first-order chi connectivity index (χ1) is 13.3. The van der Waals surface area contributed by atoms with Crippen LogP contribution in [0.4, 0.5) is 0 Å². The van der Waals surface area contributed by atoms with E-state index < -0.39 is 11.5 Å². The van der Waals surface area contributed by atoms with Crippen LogP contribution in [0.3, 0.4) is 0 Å². The van der Waals surface area contributed by atoms with E-state index >= 15 is 0 Å². The lowest BCUT2D eigenvalue weighted by molar-refractivity contribution is -0.114. The van der Waals surface area contributed by atoms with Gasteiger partial charge in [0.15, 0.2) is 0 Å². The zero-order valence-electron chi connectivity index (χ0n) is 15.1. The summed E-state index contributed by atoms with van der Waals surface area (Å²) in [6.07, 6.45) is 2.63. The summed E-state index contributed by atoms with van der Waals surface area (Å²) in [6, 6.07) is 10.2. The van der Waals surface area contributed by atoms with Gasteiger partial charge in [-0.2, -0.15) is 10.2 Å². The largest absolute Gasteiger partial charge is 0.438 e. The number of halogens is 1. The van der Waals surface area contributed by atoms with Gasteiger partial charge in [0.2, 0.25) is 5.88 Å². The van der Waals surface area contributed by atoms with Crippen molar-refractivity contribution in [2.45, 2.75) is 13.8 Å². The first kappa shape index (κ1) is 19.1. The second kappa shape index (κ2) is 7.55. The number of carbonyl (C=O) groups excluding carboxylic acids is 1. The number of nitrogens with two attached hydrogens (primary N) is 1. The van der Waals surface area contributed by atoms with Gasteiger partial charge in [0.25, 0.3) is 11.5 Å². The zero-order valence-corrected chi connectivity index (χ0v) is 15.8. The van der Waals surface area contributed by atoms with Crippen molar-refractivity contribution in [2.75, 3.05) is 0 Å². The molecule has 0 aliphatic carbocycles. The SMILES string of the molecule is Cc1cc(Oc2nc3c(C)cccn3c(=O)c2/C=C(\C#N)C(N)=O)ccc1Cl. The second-order valence-electron chi connectivity index (χ2n) is 6.07. The quantitative estimate of drug-likeness (QED) is 0.539. The second-order valence-corrected chi connectivity index (χ2v) is 6.47. The number of carbonyl (C=O) groups is 1. The van der Waals surface area contributed by atoms with Crippen molar-refractivity contribution in [2.24, 2.45) is 5.73 Å². The molecule has 0 unspecified atom stereocenters. The molecule has 2 aromatic heterocycles. The van der Waals surface area contributed by atoms with Crippen LogP contribution in [-0.4, -0.2) is 15.3 Å². The van der Waals surface area contributed by atoms with Gasteiger partial charge in [0.1, 0.15) is 28.6 Å². The van der Waals surface area contributed by atoms with Crippen LogP contribution in [0.1, 0.15) is 16.7 Å². The molecule has 0 aliphatic rings. The first-order valence-corrected chi connectivity index (χ1v) is 8.57. The number of amides is 1. The average molecular weight is 395 g/mol. The number of fused-ring (bicyclic) bond motifs is 1. The number of benzene rings is 1. The minimum atomic E-state index is -0.954. The third kappa shape index (κ3) is 3.59. The molecule has 140 valence electrons. The monoisotopic (exact) mass is 394 g/mol. The van der Waals surface area contributed by atoms with E-state index in [1.165, 1.54) is 4.40 Å². The number of hydrogen-bond acceptors (Lipinski definition) is 5. The number of nitriles is 1. The van der Waals surface area contributed by atoms with Crippen LogP contribution in [0.15, 0.2) is 46.9 Å². The van der Waals surface area contributed by atoms with Gasteiger partial charge in [0, 0.05) is 11.2 Å². The van der Waals surface area contributed by atoms with E-state index in [0.29, 0.717) is 16.4 Å². The Hall–Kier alpha value is -3.63. The molecule has 0 aliphatic heterocycles. The molecule has 28 heavy (non-hydrogen) atoms. The Morgan fingerprint density at radius 1 is 1.32 bits per heavy atom. The summed E-state index contributed by atoms with van der Waals surface area (Å²) < 4.78 is 7.14. The van der Waals surface area contributed by atoms with Gasteiger partial charge in [-0.15, -0.1) is 0 Å². The first-order valence-electron chi connectivity index (χ1n) is 8.19. The fraction of sp³-hybridized carbons (Fsp3) is 0.100. The summed E-state index contributed by atoms with van der Waals surface area (Å²) in [5.74, 6) is -0.599. The minimum absolute atomic E-state index is 0.0463. The molecule has 0 radical (unpaired) electrons. The number of aromatic nitrogens is 2. The van der Waals surface area contributed by atoms with Crippen molar-refractivity contribution in [3.05, 3.63) is 74.2 Å². The molecular weight excluding hydrogens is 380 g/mol. The zero-order chi connectivity index (χ0) is 20.4. The van der Waals surface area contributed by atoms with Crippen molar-refractivity contribution in [3.8, 4) is 17.7 Å². The summed E-state index contributed by atoms with van der Waals surface area (Å²) in [6.45, 7) is 3.61. The van der Waals surface area contributed by atoms with Gasteiger partial charge in [-0.3, -0.25) is 14.0 Å². The molecule has 8 heteroatoms. The maximum atomic E-state index is 13.0. The maximum absolute atomic E-state index is 13.0. The molecule has 3 rings (SSSR count). The molecule has 0 saturated carbocycles. The summed E-state index contributed by atoms with van der Waals surface area (Å²) in [5.41, 5.74) is 6.18. The summed E-state index contributed by atoms with van der Waals surface area (Å²) in [4.78, 5) is 28.9. The van der Waals surface area contributed by atoms with Crippen molar-refractivity contribution in [1.29, 1.82) is 5.26 Å². The fourth-order valence-corrected chi connectivity index (χ4v) is 2.71. The van der Waals surface area contributed by atoms with Crippen molar-refractivity contribution in [3.63, 3.8) is 0 Å². The molecule has 1 amide bonds. The lowest BCUT2D eigenvalue weighted by Gasteiger charge is -2.12. The van der Waals surface area contributed by atoms with E-state index in [4.69, 9.17) is 27.3 Å². The van der Waals surface area contributed by atoms with E-state index in [1.807, 2.05) is 6.92 Å². The van der Waals surface area contributed by atoms with Crippen molar-refractivity contribution >= 4 is 29.2 Å². The van der Waals surface area contributed by atoms with E-state index in [9.17, 15) is 9.59 Å². The Morgan fingerprint density at radius 3 is 2.71 bits per heavy atom. The third-order valence-corrected chi connectivity index (χ3v) is 4.49. The third-order valence-electron chi connectivity index (χ3n) is 4.07. The van der Waals surface area contributed by atoms with Crippen LogP contribution in [0.5, 0.6) is 11.6 Å². The molecule has 0 saturated heterocycles. The molecule has 0 fully saturated rings. The molecule has 2 heterocycles. The molecule has 0 spiro atoms. The van der Waals surface area contributed by atoms with E-state index in [2.05, 4.69) is 4.98 Å². The Morgan fingerprint density at radius 2 is 2.07 bits per heavy atom. The summed E-state index contributed by atoms with van der Waals surface area (Å²) in [5, 5.41) is 9.71. The smallest absolute Gasteiger partial charge is 0.269 e. The highest BCUT2D eigenvalue weighted by molar-refractivity contribution is 6.31. The number of rotatable bonds is 4. The van der Waals surface area contributed by atoms with Gasteiger partial charge in [-0.1, -0.05) is 17.7 Å². The highest BCUT2D eigenvalue weighted by Crippen LogP contribution is 2.27. The molecule has 0 atom stereocenters. The van der Waals surface area contributed by atoms with Crippen molar-refractivity contribution < 1.29 is 9.53 Å². The lowest BCUT2D eigenvalue weighted by atomic mass is 10.1. The molecule has 0 bridgehead atoms. The number of nitrogens with zero attached hydrogens (tertiary/aromatic N) is 3. The van der Waals surface area contributed by atoms with Gasteiger partial charge in [-0.25, -0.2) is 0 Å². The van der Waals surface area contributed by atoms with E-state index in [0.717, 1.165) is 17.2 Å². The predicted molar refractivity (Wildman–Crippen MR) is 105 cm³/mol. The Labute approximate surface area is 165 Å². The van der Waals surface area contributed by atoms with Crippen LogP contribution in [0.2, 0.25) is 5.02 Å². The Kier molecular flexibility index (Phi) is 5.16. The van der Waals surface area contributed by atoms with E-state index in [1.54, 1.807) is 49.5 Å². The maximum Gasteiger partial charge on any atom is 0.269 e. The highest BCUT2D eigenvalue weighted by atomic mass is 35.5. The van der Waals surface area contributed by atoms with E-state index in [-0.39, 0.29) is 17.0 Å². The molecule has 2 N–H and O–H groups in total. The normalized spacial score (nSPS) is 11.3. The molecule has 1 aromatic carbocycles. The average Bonchev–Trinajstić information content (AvgIpc) is 2.65. The number of primary amides is 1. The minimum Gasteiger partial charge on any atom is -0.438 e. The Bertz CT molecular complexity index is 1240. The van der Waals surface area contributed by atoms with Crippen LogP contribution >= 0.6 is 11.6 Å².